The van der Waals surface area contributed by atoms with Gasteiger partial charge in [-0.1, -0.05) is 18.2 Å². The number of nitrogens with zero attached hydrogens (tertiary/aromatic N) is 1. The number of hydrogen-bond acceptors (Lipinski definition) is 1. The third-order valence-electron chi connectivity index (χ3n) is 5.82. The van der Waals surface area contributed by atoms with Crippen LogP contribution in [0.3, 0.4) is 0 Å². The number of hydrogen-bond donors (Lipinski definition) is 0. The Morgan fingerprint density at radius 2 is 1.62 bits per heavy atom. The van der Waals surface area contributed by atoms with Crippen LogP contribution in [0.2, 0.25) is 0 Å². The van der Waals surface area contributed by atoms with E-state index in [1.165, 1.54) is 36.0 Å². The van der Waals surface area contributed by atoms with Crippen molar-refractivity contribution in [3.8, 4) is 0 Å². The number of quaternary nitrogens is 1. The molecule has 2 rings (SSSR count). The molecular formula is C19H30NO+. The smallest absolute Gasteiger partial charge is 0.196 e. The van der Waals surface area contributed by atoms with Crippen molar-refractivity contribution in [1.29, 1.82) is 0 Å². The van der Waals surface area contributed by atoms with E-state index in [0.717, 1.165) is 17.6 Å². The van der Waals surface area contributed by atoms with Gasteiger partial charge in [-0.2, -0.15) is 0 Å². The fourth-order valence-corrected chi connectivity index (χ4v) is 3.57. The fourth-order valence-electron chi connectivity index (χ4n) is 3.57. The van der Waals surface area contributed by atoms with Crippen LogP contribution in [-0.4, -0.2) is 35.9 Å². The van der Waals surface area contributed by atoms with Crippen molar-refractivity contribution in [2.75, 3.05) is 20.1 Å². The van der Waals surface area contributed by atoms with Gasteiger partial charge in [-0.25, -0.2) is 0 Å². The lowest BCUT2D eigenvalue weighted by Crippen LogP contribution is -2.65. The van der Waals surface area contributed by atoms with Gasteiger partial charge >= 0.3 is 0 Å². The van der Waals surface area contributed by atoms with Crippen LogP contribution in [0.25, 0.3) is 0 Å². The number of likely N-dealkylation sites (N-methyl/N-ethyl adjacent to an activating group) is 1. The van der Waals surface area contributed by atoms with Crippen LogP contribution in [0.15, 0.2) is 18.2 Å². The third-order valence-corrected chi connectivity index (χ3v) is 5.82. The van der Waals surface area contributed by atoms with Crippen LogP contribution in [-0.2, 0) is 11.2 Å². The number of rotatable bonds is 4. The summed E-state index contributed by atoms with van der Waals surface area (Å²) in [6, 6.07) is 6.29. The van der Waals surface area contributed by atoms with Crippen LogP contribution < -0.4 is 0 Å². The van der Waals surface area contributed by atoms with E-state index in [4.69, 9.17) is 0 Å². The summed E-state index contributed by atoms with van der Waals surface area (Å²) in [7, 11) is 2.27. The maximum Gasteiger partial charge on any atom is 0.196 e. The normalized spacial score (nSPS) is 18.5. The number of carbonyl (C=O) groups is 1. The van der Waals surface area contributed by atoms with Crippen LogP contribution in [0.5, 0.6) is 0 Å². The lowest BCUT2D eigenvalue weighted by molar-refractivity contribution is -0.949. The summed E-state index contributed by atoms with van der Waals surface area (Å²) < 4.78 is 0.900. The molecule has 0 bridgehead atoms. The highest BCUT2D eigenvalue weighted by Gasteiger charge is 2.46. The van der Waals surface area contributed by atoms with E-state index in [1.54, 1.807) is 0 Å². The average molecular weight is 288 g/mol. The quantitative estimate of drug-likeness (QED) is 0.770. The molecule has 2 nitrogen and oxygen atoms in total. The van der Waals surface area contributed by atoms with Crippen molar-refractivity contribution in [3.63, 3.8) is 0 Å². The first kappa shape index (κ1) is 16.2. The number of carbonyl (C=O) groups excluding carboxylic acids is 1. The van der Waals surface area contributed by atoms with Gasteiger partial charge in [0, 0.05) is 6.42 Å². The Bertz CT molecular complexity index is 504. The molecule has 0 unspecified atom stereocenters. The molecule has 0 aliphatic carbocycles. The highest BCUT2D eigenvalue weighted by atomic mass is 16.1. The highest BCUT2D eigenvalue weighted by molar-refractivity contribution is 5.88. The van der Waals surface area contributed by atoms with Crippen LogP contribution in [0, 0.1) is 13.8 Å². The zero-order chi connectivity index (χ0) is 15.7. The van der Waals surface area contributed by atoms with Crippen molar-refractivity contribution in [2.24, 2.45) is 0 Å². The molecule has 2 heteroatoms. The van der Waals surface area contributed by atoms with E-state index in [9.17, 15) is 4.79 Å². The van der Waals surface area contributed by atoms with Crippen molar-refractivity contribution >= 4 is 5.78 Å². The predicted octanol–water partition coefficient (Wildman–Crippen LogP) is 3.82. The number of piperidine rings is 1. The molecule has 0 N–H and O–H groups in total. The molecule has 0 atom stereocenters. The van der Waals surface area contributed by atoms with Crippen molar-refractivity contribution in [2.45, 2.75) is 58.9 Å². The van der Waals surface area contributed by atoms with Gasteiger partial charge in [0.1, 0.15) is 0 Å². The second-order valence-electron chi connectivity index (χ2n) is 7.43. The molecule has 0 spiro atoms. The molecule has 0 aromatic heterocycles. The lowest BCUT2D eigenvalue weighted by atomic mass is 9.85. The van der Waals surface area contributed by atoms with E-state index in [0.29, 0.717) is 12.2 Å². The summed E-state index contributed by atoms with van der Waals surface area (Å²) in [5.41, 5.74) is 3.40. The molecule has 116 valence electrons. The maximum absolute atomic E-state index is 13.0. The molecule has 0 amide bonds. The summed E-state index contributed by atoms with van der Waals surface area (Å²) in [4.78, 5) is 13.0. The topological polar surface area (TPSA) is 17.1 Å². The molecule has 0 saturated carbocycles. The molecule has 1 aromatic carbocycles. The van der Waals surface area contributed by atoms with Crippen molar-refractivity contribution in [3.05, 3.63) is 34.9 Å². The van der Waals surface area contributed by atoms with Gasteiger partial charge in [-0.05, 0) is 63.6 Å². The van der Waals surface area contributed by atoms with Gasteiger partial charge in [0.25, 0.3) is 0 Å². The van der Waals surface area contributed by atoms with Crippen molar-refractivity contribution < 1.29 is 9.28 Å². The molecule has 1 aliphatic heterocycles. The first-order valence-corrected chi connectivity index (χ1v) is 8.21. The number of Topliss-reactive ketones (excluding diaryl/α,β-unsaturated/α-hetero) is 1. The average Bonchev–Trinajstić information content (AvgIpc) is 2.43. The number of likely N-dealkylation sites (tertiary alicyclic amines) is 1. The Kier molecular flexibility index (Phi) is 4.57. The molecule has 21 heavy (non-hydrogen) atoms. The van der Waals surface area contributed by atoms with E-state index in [1.807, 2.05) is 0 Å². The largest absolute Gasteiger partial charge is 0.315 e. The zero-order valence-corrected chi connectivity index (χ0v) is 14.3. The minimum absolute atomic E-state index is 0.296. The standard InChI is InChI=1S/C19H30NO/c1-15-10-9-11-16(2)17(15)14-18(21)19(3,4)20(5)12-7-6-8-13-20/h9-11H,6-8,12-14H2,1-5H3/q+1. The van der Waals surface area contributed by atoms with E-state index in [-0.39, 0.29) is 5.54 Å². The van der Waals surface area contributed by atoms with E-state index in [2.05, 4.69) is 52.9 Å². The van der Waals surface area contributed by atoms with Gasteiger partial charge in [0.15, 0.2) is 11.3 Å². The Morgan fingerprint density at radius 1 is 1.10 bits per heavy atom. The lowest BCUT2D eigenvalue weighted by Gasteiger charge is -2.48. The highest BCUT2D eigenvalue weighted by Crippen LogP contribution is 2.30. The Morgan fingerprint density at radius 3 is 2.14 bits per heavy atom. The summed E-state index contributed by atoms with van der Waals surface area (Å²) in [6.45, 7) is 10.8. The van der Waals surface area contributed by atoms with E-state index >= 15 is 0 Å². The molecule has 1 fully saturated rings. The van der Waals surface area contributed by atoms with Crippen LogP contribution >= 0.6 is 0 Å². The molecule has 1 saturated heterocycles. The van der Waals surface area contributed by atoms with Gasteiger partial charge < -0.3 is 4.48 Å². The first-order valence-electron chi connectivity index (χ1n) is 8.21. The maximum atomic E-state index is 13.0. The number of aryl methyl sites for hydroxylation is 2. The van der Waals surface area contributed by atoms with Crippen molar-refractivity contribution in [1.82, 2.24) is 0 Å². The number of benzene rings is 1. The molecule has 1 aliphatic rings. The SMILES string of the molecule is Cc1cccc(C)c1CC(=O)C(C)(C)[N+]1(C)CCCCC1. The van der Waals surface area contributed by atoms with Gasteiger partial charge in [0.2, 0.25) is 0 Å². The fraction of sp³-hybridized carbons (Fsp3) is 0.632. The van der Waals surface area contributed by atoms with Gasteiger partial charge in [-0.3, -0.25) is 4.79 Å². The molecule has 1 aromatic rings. The first-order chi connectivity index (χ1) is 9.78. The molecule has 0 radical (unpaired) electrons. The second-order valence-corrected chi connectivity index (χ2v) is 7.43. The Labute approximate surface area is 129 Å². The minimum atomic E-state index is -0.296. The van der Waals surface area contributed by atoms with E-state index < -0.39 is 0 Å². The molecular weight excluding hydrogens is 258 g/mol. The third kappa shape index (κ3) is 3.06. The van der Waals surface area contributed by atoms with Gasteiger partial charge in [0.05, 0.1) is 20.1 Å². The summed E-state index contributed by atoms with van der Waals surface area (Å²) in [5, 5.41) is 0. The summed E-state index contributed by atoms with van der Waals surface area (Å²) >= 11 is 0. The van der Waals surface area contributed by atoms with Gasteiger partial charge in [-0.15, -0.1) is 0 Å². The monoisotopic (exact) mass is 288 g/mol. The number of ketones is 1. The predicted molar refractivity (Wildman–Crippen MR) is 88.5 cm³/mol. The Balaban J connectivity index is 2.22. The second kappa shape index (κ2) is 5.92. The zero-order valence-electron chi connectivity index (χ0n) is 14.3. The summed E-state index contributed by atoms with van der Waals surface area (Å²) in [6.07, 6.45) is 4.38. The molecule has 1 heterocycles. The van der Waals surface area contributed by atoms with Crippen LogP contribution in [0.1, 0.15) is 49.8 Å². The minimum Gasteiger partial charge on any atom is -0.315 e. The van der Waals surface area contributed by atoms with Crippen LogP contribution in [0.4, 0.5) is 0 Å². The Hall–Kier alpha value is -1.15. The summed E-state index contributed by atoms with van der Waals surface area (Å²) in [5.74, 6) is 0.379.